The number of hydrogen-bond donors (Lipinski definition) is 1. The molecule has 0 atom stereocenters. The smallest absolute Gasteiger partial charge is 0.354 e. The van der Waals surface area contributed by atoms with Crippen LogP contribution in [0.4, 0.5) is 0 Å². The Labute approximate surface area is 80.9 Å². The number of methoxy groups -OCH3 is 2. The Bertz CT molecular complexity index is 281. The molecule has 0 aliphatic heterocycles. The van der Waals surface area contributed by atoms with Gasteiger partial charge in [0.05, 0.1) is 20.3 Å². The molecular formula is C8H11NO5. The van der Waals surface area contributed by atoms with Gasteiger partial charge in [0.1, 0.15) is 5.70 Å². The summed E-state index contributed by atoms with van der Waals surface area (Å²) >= 11 is 0. The van der Waals surface area contributed by atoms with Crippen LogP contribution in [0.5, 0.6) is 0 Å². The highest BCUT2D eigenvalue weighted by molar-refractivity contribution is 5.99. The first-order chi connectivity index (χ1) is 6.51. The first-order valence-electron chi connectivity index (χ1n) is 3.66. The van der Waals surface area contributed by atoms with E-state index >= 15 is 0 Å². The number of ether oxygens (including phenoxy) is 2. The first-order valence-corrected chi connectivity index (χ1v) is 3.66. The zero-order chi connectivity index (χ0) is 11.1. The van der Waals surface area contributed by atoms with E-state index in [0.29, 0.717) is 0 Å². The highest BCUT2D eigenvalue weighted by atomic mass is 16.5. The third-order valence-corrected chi connectivity index (χ3v) is 1.18. The molecule has 0 aliphatic rings. The lowest BCUT2D eigenvalue weighted by molar-refractivity contribution is -0.139. The van der Waals surface area contributed by atoms with Crippen LogP contribution in [0.3, 0.4) is 0 Å². The van der Waals surface area contributed by atoms with Crippen LogP contribution in [0.25, 0.3) is 0 Å². The van der Waals surface area contributed by atoms with E-state index in [2.05, 4.69) is 14.8 Å². The molecule has 0 saturated carbocycles. The van der Waals surface area contributed by atoms with Crippen LogP contribution in [0.1, 0.15) is 6.92 Å². The molecule has 1 amide bonds. The SMILES string of the molecule is COC(=O)/C=C(\NC(C)=O)C(=O)OC. The van der Waals surface area contributed by atoms with Crippen molar-refractivity contribution in [3.63, 3.8) is 0 Å². The van der Waals surface area contributed by atoms with Gasteiger partial charge in [0.15, 0.2) is 0 Å². The van der Waals surface area contributed by atoms with Crippen LogP contribution in [0.15, 0.2) is 11.8 Å². The Hall–Kier alpha value is -1.85. The van der Waals surface area contributed by atoms with Gasteiger partial charge in [-0.2, -0.15) is 0 Å². The molecule has 0 unspecified atom stereocenters. The molecule has 0 rings (SSSR count). The van der Waals surface area contributed by atoms with Crippen molar-refractivity contribution in [1.29, 1.82) is 0 Å². The maximum atomic E-state index is 11.0. The number of carbonyl (C=O) groups excluding carboxylic acids is 3. The van der Waals surface area contributed by atoms with Crippen LogP contribution in [0, 0.1) is 0 Å². The van der Waals surface area contributed by atoms with E-state index in [1.807, 2.05) is 0 Å². The fraction of sp³-hybridized carbons (Fsp3) is 0.375. The maximum Gasteiger partial charge on any atom is 0.354 e. The van der Waals surface area contributed by atoms with Gasteiger partial charge in [-0.25, -0.2) is 9.59 Å². The molecule has 0 fully saturated rings. The van der Waals surface area contributed by atoms with Crippen LogP contribution < -0.4 is 5.32 Å². The molecule has 0 aromatic heterocycles. The van der Waals surface area contributed by atoms with Gasteiger partial charge in [-0.05, 0) is 0 Å². The van der Waals surface area contributed by atoms with Crippen molar-refractivity contribution in [2.24, 2.45) is 0 Å². The van der Waals surface area contributed by atoms with E-state index in [-0.39, 0.29) is 5.70 Å². The molecule has 0 spiro atoms. The molecule has 0 saturated heterocycles. The summed E-state index contributed by atoms with van der Waals surface area (Å²) in [6, 6.07) is 0. The summed E-state index contributed by atoms with van der Waals surface area (Å²) in [7, 11) is 2.29. The minimum atomic E-state index is -0.814. The van der Waals surface area contributed by atoms with Gasteiger partial charge in [0.25, 0.3) is 0 Å². The Morgan fingerprint density at radius 1 is 1.14 bits per heavy atom. The average Bonchev–Trinajstić information content (AvgIpc) is 2.14. The summed E-state index contributed by atoms with van der Waals surface area (Å²) in [5.74, 6) is -2.05. The lowest BCUT2D eigenvalue weighted by Gasteiger charge is -2.04. The Morgan fingerprint density at radius 2 is 1.71 bits per heavy atom. The Morgan fingerprint density at radius 3 is 2.07 bits per heavy atom. The molecule has 0 aromatic carbocycles. The van der Waals surface area contributed by atoms with E-state index in [0.717, 1.165) is 20.3 Å². The third-order valence-electron chi connectivity index (χ3n) is 1.18. The predicted octanol–water partition coefficient (Wildman–Crippen LogP) is -0.648. The summed E-state index contributed by atoms with van der Waals surface area (Å²) in [6.07, 6.45) is 0.841. The Kier molecular flexibility index (Phi) is 4.98. The van der Waals surface area contributed by atoms with Gasteiger partial charge in [-0.3, -0.25) is 4.79 Å². The van der Waals surface area contributed by atoms with Crippen molar-refractivity contribution in [3.05, 3.63) is 11.8 Å². The molecule has 78 valence electrons. The van der Waals surface area contributed by atoms with Crippen molar-refractivity contribution < 1.29 is 23.9 Å². The predicted molar refractivity (Wildman–Crippen MR) is 45.9 cm³/mol. The number of rotatable bonds is 3. The molecule has 6 nitrogen and oxygen atoms in total. The van der Waals surface area contributed by atoms with Gasteiger partial charge >= 0.3 is 11.9 Å². The summed E-state index contributed by atoms with van der Waals surface area (Å²) in [5.41, 5.74) is -0.258. The number of carbonyl (C=O) groups is 3. The van der Waals surface area contributed by atoms with E-state index in [9.17, 15) is 14.4 Å². The van der Waals surface area contributed by atoms with Gasteiger partial charge in [-0.15, -0.1) is 0 Å². The summed E-state index contributed by atoms with van der Waals surface area (Å²) in [4.78, 5) is 32.4. The zero-order valence-corrected chi connectivity index (χ0v) is 8.12. The normalized spacial score (nSPS) is 10.4. The molecule has 0 aromatic rings. The molecule has 6 heteroatoms. The quantitative estimate of drug-likeness (QED) is 0.484. The molecule has 1 N–H and O–H groups in total. The van der Waals surface area contributed by atoms with Gasteiger partial charge in [-0.1, -0.05) is 0 Å². The van der Waals surface area contributed by atoms with Crippen molar-refractivity contribution >= 4 is 17.8 Å². The second-order valence-corrected chi connectivity index (χ2v) is 2.25. The average molecular weight is 201 g/mol. The van der Waals surface area contributed by atoms with Crippen LogP contribution in [-0.2, 0) is 23.9 Å². The second kappa shape index (κ2) is 5.74. The minimum absolute atomic E-state index is 0.258. The van der Waals surface area contributed by atoms with Crippen molar-refractivity contribution in [3.8, 4) is 0 Å². The highest BCUT2D eigenvalue weighted by Gasteiger charge is 2.13. The number of nitrogens with one attached hydrogen (secondary N) is 1. The van der Waals surface area contributed by atoms with Crippen molar-refractivity contribution in [2.45, 2.75) is 6.92 Å². The highest BCUT2D eigenvalue weighted by Crippen LogP contribution is 1.94. The fourth-order valence-electron chi connectivity index (χ4n) is 0.622. The summed E-state index contributed by atoms with van der Waals surface area (Å²) in [6.45, 7) is 1.20. The van der Waals surface area contributed by atoms with Gasteiger partial charge in [0, 0.05) is 6.92 Å². The monoisotopic (exact) mass is 201 g/mol. The van der Waals surface area contributed by atoms with Crippen LogP contribution >= 0.6 is 0 Å². The Balaban J connectivity index is 4.71. The first kappa shape index (κ1) is 12.2. The van der Waals surface area contributed by atoms with Crippen molar-refractivity contribution in [2.75, 3.05) is 14.2 Å². The van der Waals surface area contributed by atoms with E-state index < -0.39 is 17.8 Å². The molecule has 0 bridgehead atoms. The fourth-order valence-corrected chi connectivity index (χ4v) is 0.622. The topological polar surface area (TPSA) is 81.7 Å². The maximum absolute atomic E-state index is 11.0. The number of hydrogen-bond acceptors (Lipinski definition) is 5. The molecule has 14 heavy (non-hydrogen) atoms. The zero-order valence-electron chi connectivity index (χ0n) is 8.12. The number of esters is 2. The van der Waals surface area contributed by atoms with E-state index in [1.165, 1.54) is 6.92 Å². The molecule has 0 radical (unpaired) electrons. The van der Waals surface area contributed by atoms with Crippen molar-refractivity contribution in [1.82, 2.24) is 5.32 Å². The summed E-state index contributed by atoms with van der Waals surface area (Å²) < 4.78 is 8.61. The van der Waals surface area contributed by atoms with Gasteiger partial charge < -0.3 is 14.8 Å². The third kappa shape index (κ3) is 4.24. The molecule has 0 heterocycles. The molecule has 0 aliphatic carbocycles. The van der Waals surface area contributed by atoms with Crippen LogP contribution in [0.2, 0.25) is 0 Å². The molecular weight excluding hydrogens is 190 g/mol. The standard InChI is InChI=1S/C8H11NO5/c1-5(10)9-6(8(12)14-3)4-7(11)13-2/h4H,1-3H3,(H,9,10)/b6-4-. The lowest BCUT2D eigenvalue weighted by Crippen LogP contribution is -2.26. The van der Waals surface area contributed by atoms with Gasteiger partial charge in [0.2, 0.25) is 5.91 Å². The minimum Gasteiger partial charge on any atom is -0.466 e. The summed E-state index contributed by atoms with van der Waals surface area (Å²) in [5, 5.41) is 2.14. The second-order valence-electron chi connectivity index (χ2n) is 2.25. The lowest BCUT2D eigenvalue weighted by atomic mass is 10.4. The van der Waals surface area contributed by atoms with E-state index in [4.69, 9.17) is 0 Å². The van der Waals surface area contributed by atoms with Crippen LogP contribution in [-0.4, -0.2) is 32.1 Å². The number of amides is 1. The van der Waals surface area contributed by atoms with E-state index in [1.54, 1.807) is 0 Å². The largest absolute Gasteiger partial charge is 0.466 e.